The summed E-state index contributed by atoms with van der Waals surface area (Å²) in [5.74, 6) is 0. The lowest BCUT2D eigenvalue weighted by molar-refractivity contribution is -0.00000447. The monoisotopic (exact) mass is 465 g/mol. The SMILES string of the molecule is Br.NCC[P+](c1ccccc1)(c1ccccc1)c1ccccc1.[Br-]. The minimum Gasteiger partial charge on any atom is -1.00 e. The Bertz CT molecular complexity index is 609. The molecule has 0 fully saturated rings. The Morgan fingerprint density at radius 2 is 0.875 bits per heavy atom. The van der Waals surface area contributed by atoms with E-state index in [1.165, 1.54) is 15.9 Å². The molecule has 0 bridgehead atoms. The quantitative estimate of drug-likeness (QED) is 0.545. The maximum Gasteiger partial charge on any atom is 0.113 e. The van der Waals surface area contributed by atoms with E-state index < -0.39 is 7.26 Å². The molecule has 126 valence electrons. The van der Waals surface area contributed by atoms with Crippen LogP contribution < -0.4 is 38.6 Å². The number of nitrogens with two attached hydrogens (primary N) is 1. The zero-order valence-corrected chi connectivity index (χ0v) is 17.6. The molecule has 0 unspecified atom stereocenters. The molecule has 0 aliphatic heterocycles. The van der Waals surface area contributed by atoms with Crippen LogP contribution in [-0.2, 0) is 0 Å². The van der Waals surface area contributed by atoms with E-state index in [4.69, 9.17) is 5.73 Å². The van der Waals surface area contributed by atoms with Gasteiger partial charge in [0.05, 0.1) is 6.16 Å². The first kappa shape index (κ1) is 21.1. The number of hydrogen-bond acceptors (Lipinski definition) is 1. The summed E-state index contributed by atoms with van der Waals surface area (Å²) in [6.45, 7) is 0.687. The molecule has 3 aromatic carbocycles. The van der Waals surface area contributed by atoms with Crippen molar-refractivity contribution in [2.75, 3.05) is 12.7 Å². The van der Waals surface area contributed by atoms with Crippen LogP contribution in [0.15, 0.2) is 91.0 Å². The van der Waals surface area contributed by atoms with E-state index in [9.17, 15) is 0 Å². The van der Waals surface area contributed by atoms with Crippen molar-refractivity contribution in [2.24, 2.45) is 5.73 Å². The van der Waals surface area contributed by atoms with Crippen LogP contribution in [0.5, 0.6) is 0 Å². The molecular weight excluding hydrogens is 445 g/mol. The summed E-state index contributed by atoms with van der Waals surface area (Å²) < 4.78 is 0. The molecule has 24 heavy (non-hydrogen) atoms. The molecule has 0 heterocycles. The average Bonchev–Trinajstić information content (AvgIpc) is 2.62. The van der Waals surface area contributed by atoms with Gasteiger partial charge in [0.2, 0.25) is 0 Å². The summed E-state index contributed by atoms with van der Waals surface area (Å²) in [6.07, 6.45) is 0.991. The van der Waals surface area contributed by atoms with Crippen molar-refractivity contribution in [1.29, 1.82) is 0 Å². The van der Waals surface area contributed by atoms with E-state index in [0.717, 1.165) is 6.16 Å². The van der Waals surface area contributed by atoms with Crippen molar-refractivity contribution in [1.82, 2.24) is 0 Å². The average molecular weight is 467 g/mol. The first-order valence-corrected chi connectivity index (χ1v) is 9.60. The summed E-state index contributed by atoms with van der Waals surface area (Å²) in [6, 6.07) is 32.5. The second-order valence-electron chi connectivity index (χ2n) is 5.33. The molecule has 4 heteroatoms. The van der Waals surface area contributed by atoms with Gasteiger partial charge >= 0.3 is 0 Å². The van der Waals surface area contributed by atoms with E-state index >= 15 is 0 Å². The Labute approximate surface area is 166 Å². The van der Waals surface area contributed by atoms with Crippen molar-refractivity contribution in [3.05, 3.63) is 91.0 Å². The van der Waals surface area contributed by atoms with Crippen molar-refractivity contribution < 1.29 is 17.0 Å². The van der Waals surface area contributed by atoms with E-state index in [1.54, 1.807) is 0 Å². The number of halogens is 2. The van der Waals surface area contributed by atoms with Gasteiger partial charge in [-0.2, -0.15) is 0 Å². The molecule has 1 nitrogen and oxygen atoms in total. The fourth-order valence-corrected chi connectivity index (χ4v) is 7.18. The second-order valence-corrected chi connectivity index (χ2v) is 8.94. The molecule has 0 aromatic heterocycles. The number of rotatable bonds is 5. The first-order valence-electron chi connectivity index (χ1n) is 7.63. The van der Waals surface area contributed by atoms with Crippen LogP contribution in [-0.4, -0.2) is 12.7 Å². The molecule has 0 saturated heterocycles. The van der Waals surface area contributed by atoms with Crippen LogP contribution in [0.3, 0.4) is 0 Å². The van der Waals surface area contributed by atoms with Crippen molar-refractivity contribution in [3.63, 3.8) is 0 Å². The van der Waals surface area contributed by atoms with Gasteiger partial charge in [-0.15, -0.1) is 17.0 Å². The fraction of sp³-hybridized carbons (Fsp3) is 0.100. The van der Waals surface area contributed by atoms with Crippen LogP contribution in [0, 0.1) is 0 Å². The highest BCUT2D eigenvalue weighted by atomic mass is 79.9. The molecule has 0 aliphatic carbocycles. The lowest BCUT2D eigenvalue weighted by Crippen LogP contribution is -3.00. The third-order valence-corrected chi connectivity index (χ3v) is 8.52. The fourth-order valence-electron chi connectivity index (χ4n) is 3.08. The highest BCUT2D eigenvalue weighted by Gasteiger charge is 2.44. The number of hydrogen-bond donors (Lipinski definition) is 1. The zero-order chi connectivity index (χ0) is 15.3. The summed E-state index contributed by atoms with van der Waals surface area (Å²) in [7, 11) is -1.68. The van der Waals surface area contributed by atoms with Crippen LogP contribution in [0.2, 0.25) is 0 Å². The van der Waals surface area contributed by atoms with Gasteiger partial charge in [0.15, 0.2) is 0 Å². The summed E-state index contributed by atoms with van der Waals surface area (Å²) >= 11 is 0. The third-order valence-electron chi connectivity index (χ3n) is 4.06. The lowest BCUT2D eigenvalue weighted by Gasteiger charge is -2.27. The van der Waals surface area contributed by atoms with E-state index in [1.807, 2.05) is 0 Å². The standard InChI is InChI=1S/C20H21NP.2BrH/c21-16-17-22(18-10-4-1-5-11-18,19-12-6-2-7-13-19)20-14-8-3-9-15-20;;/h1-15H,16-17,21H2;2*1H/q+1;;/p-1. The zero-order valence-electron chi connectivity index (χ0n) is 13.4. The van der Waals surface area contributed by atoms with Crippen molar-refractivity contribution in [2.45, 2.75) is 0 Å². The molecule has 2 N–H and O–H groups in total. The molecule has 3 aromatic rings. The third kappa shape index (κ3) is 4.15. The second kappa shape index (κ2) is 10.1. The minimum absolute atomic E-state index is 0. The lowest BCUT2D eigenvalue weighted by atomic mass is 10.4. The maximum absolute atomic E-state index is 6.05. The van der Waals surface area contributed by atoms with Gasteiger partial charge in [0, 0.05) is 6.54 Å². The van der Waals surface area contributed by atoms with Gasteiger partial charge in [0.1, 0.15) is 23.2 Å². The maximum atomic E-state index is 6.05. The predicted octanol–water partition coefficient (Wildman–Crippen LogP) is 0.521. The van der Waals surface area contributed by atoms with E-state index in [2.05, 4.69) is 91.0 Å². The van der Waals surface area contributed by atoms with Crippen LogP contribution in [0.25, 0.3) is 0 Å². The Morgan fingerprint density at radius 3 is 1.12 bits per heavy atom. The van der Waals surface area contributed by atoms with Gasteiger partial charge in [-0.25, -0.2) is 0 Å². The Kier molecular flexibility index (Phi) is 8.86. The predicted molar refractivity (Wildman–Crippen MR) is 109 cm³/mol. The minimum atomic E-state index is -1.68. The van der Waals surface area contributed by atoms with E-state index in [0.29, 0.717) is 6.54 Å². The van der Waals surface area contributed by atoms with Crippen LogP contribution in [0.4, 0.5) is 0 Å². The largest absolute Gasteiger partial charge is 1.00 e. The van der Waals surface area contributed by atoms with Gasteiger partial charge in [0.25, 0.3) is 0 Å². The van der Waals surface area contributed by atoms with Crippen LogP contribution >= 0.6 is 24.2 Å². The van der Waals surface area contributed by atoms with E-state index in [-0.39, 0.29) is 34.0 Å². The summed E-state index contributed by atoms with van der Waals surface area (Å²) in [5, 5.41) is 4.20. The smallest absolute Gasteiger partial charge is 0.113 e. The Hall–Kier alpha value is -0.990. The normalized spacial score (nSPS) is 10.4. The summed E-state index contributed by atoms with van der Waals surface area (Å²) in [5.41, 5.74) is 6.05. The number of benzene rings is 3. The molecule has 0 amide bonds. The molecule has 0 atom stereocenters. The van der Waals surface area contributed by atoms with Gasteiger partial charge in [-0.3, -0.25) is 0 Å². The van der Waals surface area contributed by atoms with Gasteiger partial charge in [-0.1, -0.05) is 54.6 Å². The first-order chi connectivity index (χ1) is 10.9. The Balaban J connectivity index is 0.00000144. The van der Waals surface area contributed by atoms with Crippen molar-refractivity contribution in [3.8, 4) is 0 Å². The van der Waals surface area contributed by atoms with Gasteiger partial charge in [-0.05, 0) is 36.4 Å². The Morgan fingerprint density at radius 1 is 0.583 bits per heavy atom. The molecule has 3 rings (SSSR count). The molecule has 0 spiro atoms. The summed E-state index contributed by atoms with van der Waals surface area (Å²) in [4.78, 5) is 0. The van der Waals surface area contributed by atoms with Crippen molar-refractivity contribution >= 4 is 40.2 Å². The van der Waals surface area contributed by atoms with Crippen LogP contribution in [0.1, 0.15) is 0 Å². The topological polar surface area (TPSA) is 26.0 Å². The molecule has 0 saturated carbocycles. The van der Waals surface area contributed by atoms with Gasteiger partial charge < -0.3 is 22.7 Å². The molecular formula is C20H22Br2NP. The molecule has 0 radical (unpaired) electrons. The highest BCUT2D eigenvalue weighted by Crippen LogP contribution is 2.54. The highest BCUT2D eigenvalue weighted by molar-refractivity contribution is 8.93. The molecule has 0 aliphatic rings.